The van der Waals surface area contributed by atoms with Crippen LogP contribution in [-0.2, 0) is 14.3 Å². The van der Waals surface area contributed by atoms with Gasteiger partial charge in [-0.3, -0.25) is 9.59 Å². The van der Waals surface area contributed by atoms with E-state index in [4.69, 9.17) is 4.74 Å². The fourth-order valence-electron chi connectivity index (χ4n) is 5.67. The average Bonchev–Trinajstić information content (AvgIpc) is 2.93. The summed E-state index contributed by atoms with van der Waals surface area (Å²) in [6, 6.07) is 0. The fraction of sp³-hybridized carbons (Fsp3) is 0.947. The molecule has 1 amide bonds. The van der Waals surface area contributed by atoms with Crippen LogP contribution in [0.25, 0.3) is 0 Å². The molecule has 0 aliphatic heterocycles. The zero-order valence-corrected chi connectivity index (χ0v) is 29.8. The lowest BCUT2D eigenvalue weighted by molar-refractivity contribution is -0.134. The van der Waals surface area contributed by atoms with Gasteiger partial charge in [0, 0.05) is 13.0 Å². The van der Waals surface area contributed by atoms with Crippen LogP contribution >= 0.6 is 0 Å². The summed E-state index contributed by atoms with van der Waals surface area (Å²) in [4.78, 5) is 26.4. The standard InChI is InChI=1S/C38H75NO4/c1-7-9-11-13-15-17-19-21-23-25-27-29-35(40)34(28-26-24-22-20-18-16-14-12-10-8-2)36(41)39-32-30-38(5,6)43-33-31-37(3,4)42/h34,42H,7-33H2,1-6H3,(H,39,41). The number of rotatable bonds is 32. The predicted octanol–water partition coefficient (Wildman–Crippen LogP) is 10.6. The summed E-state index contributed by atoms with van der Waals surface area (Å²) in [5.41, 5.74) is -1.15. The number of unbranched alkanes of at least 4 members (excludes halogenated alkanes) is 19. The van der Waals surface area contributed by atoms with Gasteiger partial charge in [-0.2, -0.15) is 0 Å². The topological polar surface area (TPSA) is 75.6 Å². The van der Waals surface area contributed by atoms with Crippen molar-refractivity contribution in [1.82, 2.24) is 5.32 Å². The highest BCUT2D eigenvalue weighted by Gasteiger charge is 2.26. The lowest BCUT2D eigenvalue weighted by atomic mass is 9.91. The number of carbonyl (C=O) groups is 2. The first-order chi connectivity index (χ1) is 20.5. The Labute approximate surface area is 268 Å². The van der Waals surface area contributed by atoms with Gasteiger partial charge in [0.15, 0.2) is 0 Å². The van der Waals surface area contributed by atoms with Gasteiger partial charge >= 0.3 is 0 Å². The van der Waals surface area contributed by atoms with Crippen molar-refractivity contribution >= 4 is 11.7 Å². The number of aliphatic hydroxyl groups is 1. The van der Waals surface area contributed by atoms with Crippen molar-refractivity contribution in [3.63, 3.8) is 0 Å². The Morgan fingerprint density at radius 2 is 1.05 bits per heavy atom. The first kappa shape index (κ1) is 42.1. The van der Waals surface area contributed by atoms with Crippen LogP contribution in [0.15, 0.2) is 0 Å². The van der Waals surface area contributed by atoms with Crippen LogP contribution in [0.1, 0.15) is 202 Å². The molecule has 0 aromatic carbocycles. The highest BCUT2D eigenvalue weighted by atomic mass is 16.5. The minimum atomic E-state index is -0.750. The molecule has 1 atom stereocenters. The summed E-state index contributed by atoms with van der Waals surface area (Å²) in [6.45, 7) is 13.1. The van der Waals surface area contributed by atoms with Gasteiger partial charge < -0.3 is 15.2 Å². The molecule has 43 heavy (non-hydrogen) atoms. The average molecular weight is 610 g/mol. The highest BCUT2D eigenvalue weighted by Crippen LogP contribution is 2.20. The molecule has 0 bridgehead atoms. The lowest BCUT2D eigenvalue weighted by Gasteiger charge is -2.27. The molecule has 0 aliphatic rings. The van der Waals surface area contributed by atoms with Gasteiger partial charge in [0.25, 0.3) is 0 Å². The lowest BCUT2D eigenvalue weighted by Crippen LogP contribution is -2.39. The van der Waals surface area contributed by atoms with Gasteiger partial charge in [-0.25, -0.2) is 0 Å². The molecular formula is C38H75NO4. The van der Waals surface area contributed by atoms with E-state index in [-0.39, 0.29) is 11.7 Å². The molecule has 0 spiro atoms. The van der Waals surface area contributed by atoms with E-state index in [2.05, 4.69) is 19.2 Å². The minimum Gasteiger partial charge on any atom is -0.390 e. The monoisotopic (exact) mass is 610 g/mol. The third-order valence-corrected chi connectivity index (χ3v) is 8.81. The molecule has 1 unspecified atom stereocenters. The van der Waals surface area contributed by atoms with Crippen molar-refractivity contribution in [3.05, 3.63) is 0 Å². The van der Waals surface area contributed by atoms with Crippen LogP contribution < -0.4 is 5.32 Å². The van der Waals surface area contributed by atoms with Crippen molar-refractivity contribution < 1.29 is 19.4 Å². The van der Waals surface area contributed by atoms with Gasteiger partial charge in [-0.05, 0) is 53.4 Å². The summed E-state index contributed by atoms with van der Waals surface area (Å²) < 4.78 is 5.98. The minimum absolute atomic E-state index is 0.101. The van der Waals surface area contributed by atoms with E-state index in [9.17, 15) is 14.7 Å². The van der Waals surface area contributed by atoms with Crippen molar-refractivity contribution in [2.24, 2.45) is 5.92 Å². The van der Waals surface area contributed by atoms with E-state index in [1.54, 1.807) is 13.8 Å². The Kier molecular flexibility index (Phi) is 26.8. The summed E-state index contributed by atoms with van der Waals surface area (Å²) in [5, 5.41) is 13.0. The number of Topliss-reactive ketones (excluding diaryl/α,β-unsaturated/α-hetero) is 1. The van der Waals surface area contributed by atoms with Crippen LogP contribution in [0.5, 0.6) is 0 Å². The maximum absolute atomic E-state index is 13.2. The second-order valence-corrected chi connectivity index (χ2v) is 14.5. The molecule has 0 heterocycles. The summed E-state index contributed by atoms with van der Waals surface area (Å²) in [6.07, 6.45) is 28.8. The molecule has 0 fully saturated rings. The molecule has 0 rings (SSSR count). The zero-order valence-electron chi connectivity index (χ0n) is 29.8. The number of carbonyl (C=O) groups excluding carboxylic acids is 2. The second kappa shape index (κ2) is 27.4. The van der Waals surface area contributed by atoms with Crippen LogP contribution in [0.3, 0.4) is 0 Å². The molecule has 2 N–H and O–H groups in total. The highest BCUT2D eigenvalue weighted by molar-refractivity contribution is 6.01. The number of ether oxygens (including phenoxy) is 1. The third-order valence-electron chi connectivity index (χ3n) is 8.81. The van der Waals surface area contributed by atoms with E-state index in [1.807, 2.05) is 13.8 Å². The van der Waals surface area contributed by atoms with E-state index in [0.29, 0.717) is 38.8 Å². The molecular weight excluding hydrogens is 534 g/mol. The molecule has 0 saturated heterocycles. The van der Waals surface area contributed by atoms with E-state index in [0.717, 1.165) is 25.7 Å². The summed E-state index contributed by atoms with van der Waals surface area (Å²) in [5.74, 6) is -0.488. The first-order valence-corrected chi connectivity index (χ1v) is 18.7. The van der Waals surface area contributed by atoms with Crippen molar-refractivity contribution in [2.45, 2.75) is 213 Å². The Morgan fingerprint density at radius 1 is 0.628 bits per heavy atom. The molecule has 0 saturated carbocycles. The normalized spacial score (nSPS) is 12.9. The second-order valence-electron chi connectivity index (χ2n) is 14.5. The molecule has 0 radical (unpaired) electrons. The zero-order chi connectivity index (χ0) is 32.2. The van der Waals surface area contributed by atoms with Gasteiger partial charge in [0.2, 0.25) is 5.91 Å². The maximum atomic E-state index is 13.2. The van der Waals surface area contributed by atoms with E-state index < -0.39 is 17.1 Å². The van der Waals surface area contributed by atoms with Crippen LogP contribution in [0.4, 0.5) is 0 Å². The largest absolute Gasteiger partial charge is 0.390 e. The van der Waals surface area contributed by atoms with Crippen molar-refractivity contribution in [1.29, 1.82) is 0 Å². The fourth-order valence-corrected chi connectivity index (χ4v) is 5.67. The Morgan fingerprint density at radius 3 is 1.49 bits per heavy atom. The number of ketones is 1. The van der Waals surface area contributed by atoms with Crippen LogP contribution in [0, 0.1) is 5.92 Å². The number of hydrogen-bond acceptors (Lipinski definition) is 4. The van der Waals surface area contributed by atoms with Crippen LogP contribution in [0.2, 0.25) is 0 Å². The van der Waals surface area contributed by atoms with Crippen LogP contribution in [-0.4, -0.2) is 41.2 Å². The summed E-state index contributed by atoms with van der Waals surface area (Å²) in [7, 11) is 0. The number of amides is 1. The Hall–Kier alpha value is -0.940. The quantitative estimate of drug-likeness (QED) is 0.0587. The first-order valence-electron chi connectivity index (χ1n) is 18.7. The molecule has 256 valence electrons. The molecule has 5 nitrogen and oxygen atoms in total. The predicted molar refractivity (Wildman–Crippen MR) is 185 cm³/mol. The van der Waals surface area contributed by atoms with E-state index in [1.165, 1.54) is 109 Å². The Bertz CT molecular complexity index is 655. The SMILES string of the molecule is CCCCCCCCCCCCCC(=O)C(CCCCCCCCCCCC)C(=O)NCCC(C)(C)OCCC(C)(C)O. The van der Waals surface area contributed by atoms with Gasteiger partial charge in [-0.15, -0.1) is 0 Å². The smallest absolute Gasteiger partial charge is 0.230 e. The number of nitrogens with one attached hydrogen (secondary N) is 1. The van der Waals surface area contributed by atoms with Gasteiger partial charge in [0.05, 0.1) is 23.7 Å². The summed E-state index contributed by atoms with van der Waals surface area (Å²) >= 11 is 0. The van der Waals surface area contributed by atoms with Crippen molar-refractivity contribution in [2.75, 3.05) is 13.2 Å². The van der Waals surface area contributed by atoms with E-state index >= 15 is 0 Å². The van der Waals surface area contributed by atoms with Gasteiger partial charge in [0.1, 0.15) is 5.78 Å². The molecule has 0 aromatic heterocycles. The third kappa shape index (κ3) is 28.3. The van der Waals surface area contributed by atoms with Gasteiger partial charge in [-0.1, -0.05) is 142 Å². The Balaban J connectivity index is 4.51. The maximum Gasteiger partial charge on any atom is 0.230 e. The molecule has 5 heteroatoms. The molecule has 0 aromatic rings. The number of hydrogen-bond donors (Lipinski definition) is 2. The van der Waals surface area contributed by atoms with Crippen molar-refractivity contribution in [3.8, 4) is 0 Å². The molecule has 0 aliphatic carbocycles.